The molecule has 0 saturated carbocycles. The topological polar surface area (TPSA) is 99.8 Å². The Kier molecular flexibility index (Phi) is 11.0. The van der Waals surface area contributed by atoms with Gasteiger partial charge in [0.1, 0.15) is 0 Å². The highest BCUT2D eigenvalue weighted by Crippen LogP contribution is 2.30. The van der Waals surface area contributed by atoms with Crippen LogP contribution in [0.1, 0.15) is 41.4 Å². The zero-order valence-electron chi connectivity index (χ0n) is 28.6. The van der Waals surface area contributed by atoms with Crippen molar-refractivity contribution in [3.63, 3.8) is 0 Å². The van der Waals surface area contributed by atoms with Crippen LogP contribution >= 0.6 is 0 Å². The van der Waals surface area contributed by atoms with Gasteiger partial charge in [-0.3, -0.25) is 19.2 Å². The fraction of sp³-hybridized carbons (Fsp3) is 0. The van der Waals surface area contributed by atoms with Crippen molar-refractivity contribution in [2.45, 2.75) is 0 Å². The molecule has 53 heavy (non-hydrogen) atoms. The number of hydrogen-bond donors (Lipinski definition) is 0. The van der Waals surface area contributed by atoms with E-state index in [1.807, 2.05) is 97.1 Å². The predicted molar refractivity (Wildman–Crippen MR) is 213 cm³/mol. The van der Waals surface area contributed by atoms with Crippen LogP contribution in [-0.2, 0) is 0 Å². The third kappa shape index (κ3) is 7.81. The Balaban J connectivity index is 0.000000178. The van der Waals surface area contributed by atoms with Crippen LogP contribution in [0.25, 0.3) is 43.8 Å². The summed E-state index contributed by atoms with van der Waals surface area (Å²) >= 11 is 0. The van der Waals surface area contributed by atoms with Gasteiger partial charge in [-0.1, -0.05) is 182 Å². The summed E-state index contributed by atoms with van der Waals surface area (Å²) in [6.07, 6.45) is 0. The van der Waals surface area contributed by atoms with Crippen molar-refractivity contribution in [2.24, 2.45) is 0 Å². The second-order valence-corrected chi connectivity index (χ2v) is 12.3. The lowest BCUT2D eigenvalue weighted by Crippen LogP contribution is -2.15. The number of rotatable bonds is 8. The minimum absolute atomic E-state index is 0. The molecule has 0 fully saturated rings. The van der Waals surface area contributed by atoms with Crippen molar-refractivity contribution in [1.82, 2.24) is 0 Å². The van der Waals surface area contributed by atoms with Gasteiger partial charge in [-0.05, 0) is 55.9 Å². The van der Waals surface area contributed by atoms with Crippen LogP contribution in [-0.4, -0.2) is 28.6 Å². The first-order valence-corrected chi connectivity index (χ1v) is 16.9. The smallest absolute Gasteiger partial charge is 0.234 e. The summed E-state index contributed by atoms with van der Waals surface area (Å²) in [5.41, 5.74) is 5.06. The lowest BCUT2D eigenvalue weighted by Gasteiger charge is -2.10. The molecule has 8 aromatic rings. The molecule has 0 aromatic heterocycles. The molecule has 256 valence electrons. The molecule has 5 heteroatoms. The van der Waals surface area contributed by atoms with Crippen LogP contribution in [0.2, 0.25) is 0 Å². The maximum atomic E-state index is 12.9. The monoisotopic (exact) mass is 690 g/mol. The number of Topliss-reactive ketones (excluding diaryl/α,β-unsaturated/α-hetero) is 4. The minimum atomic E-state index is -0.487. The first-order chi connectivity index (χ1) is 25.5. The van der Waals surface area contributed by atoms with E-state index in [1.54, 1.807) is 72.8 Å². The average Bonchev–Trinajstić information content (AvgIpc) is 3.23. The van der Waals surface area contributed by atoms with Crippen LogP contribution in [0.15, 0.2) is 194 Å². The van der Waals surface area contributed by atoms with E-state index in [2.05, 4.69) is 24.3 Å². The van der Waals surface area contributed by atoms with Crippen molar-refractivity contribution in [1.29, 1.82) is 0 Å². The fourth-order valence-corrected chi connectivity index (χ4v) is 6.27. The Morgan fingerprint density at radius 2 is 0.604 bits per heavy atom. The van der Waals surface area contributed by atoms with Gasteiger partial charge in [-0.25, -0.2) is 0 Å². The largest absolute Gasteiger partial charge is 0.412 e. The van der Waals surface area contributed by atoms with E-state index in [-0.39, 0.29) is 5.48 Å². The predicted octanol–water partition coefficient (Wildman–Crippen LogP) is 10.3. The van der Waals surface area contributed by atoms with Crippen LogP contribution in [0.3, 0.4) is 0 Å². The second-order valence-electron chi connectivity index (χ2n) is 12.3. The van der Waals surface area contributed by atoms with Crippen molar-refractivity contribution < 1.29 is 24.7 Å². The summed E-state index contributed by atoms with van der Waals surface area (Å²) in [4.78, 5) is 50.9. The summed E-state index contributed by atoms with van der Waals surface area (Å²) in [5.74, 6) is -1.95. The molecule has 0 heterocycles. The molecule has 8 aromatic carbocycles. The Morgan fingerprint density at radius 1 is 0.283 bits per heavy atom. The van der Waals surface area contributed by atoms with Crippen molar-refractivity contribution >= 4 is 44.7 Å². The van der Waals surface area contributed by atoms with E-state index in [0.29, 0.717) is 22.3 Å². The molecule has 0 radical (unpaired) electrons. The van der Waals surface area contributed by atoms with Crippen molar-refractivity contribution in [3.8, 4) is 22.3 Å². The molecule has 0 unspecified atom stereocenters. The first kappa shape index (κ1) is 35.7. The maximum Gasteiger partial charge on any atom is 0.234 e. The summed E-state index contributed by atoms with van der Waals surface area (Å²) in [6.45, 7) is 0. The van der Waals surface area contributed by atoms with E-state index in [4.69, 9.17) is 0 Å². The van der Waals surface area contributed by atoms with Gasteiger partial charge in [-0.2, -0.15) is 0 Å². The van der Waals surface area contributed by atoms with Gasteiger partial charge in [0.2, 0.25) is 23.1 Å². The number of fused-ring (bicyclic) bond motifs is 2. The van der Waals surface area contributed by atoms with Crippen molar-refractivity contribution in [2.75, 3.05) is 0 Å². The minimum Gasteiger partial charge on any atom is -0.412 e. The van der Waals surface area contributed by atoms with Crippen LogP contribution in [0.5, 0.6) is 0 Å². The van der Waals surface area contributed by atoms with Gasteiger partial charge in [0.25, 0.3) is 0 Å². The highest BCUT2D eigenvalue weighted by Gasteiger charge is 2.22. The fourth-order valence-electron chi connectivity index (χ4n) is 6.27. The highest BCUT2D eigenvalue weighted by molar-refractivity contribution is 6.50. The molecular formula is C48H34O5. The quantitative estimate of drug-likeness (QED) is 0.117. The Morgan fingerprint density at radius 3 is 1.00 bits per heavy atom. The van der Waals surface area contributed by atoms with Crippen LogP contribution < -0.4 is 0 Å². The molecule has 0 spiro atoms. The SMILES string of the molecule is O.O=C(C(=O)c1ccccc1-c1ccc2ccccc2c1)c1ccccc1.O=C(C(=O)c1ccccc1-c1ccc2ccccc2c1)c1ccccc1. The molecule has 8 rings (SSSR count). The second kappa shape index (κ2) is 16.3. The standard InChI is InChI=1S/2C24H16O2.H2O/c2*25-23(18-9-2-1-3-10-18)24(26)22-13-7-6-12-21(22)20-15-14-17-8-4-5-11-19(17)16-20;/h2*1-16H;1H2. The third-order valence-corrected chi connectivity index (χ3v) is 8.95. The van der Waals surface area contributed by atoms with Crippen LogP contribution in [0, 0.1) is 0 Å². The zero-order valence-corrected chi connectivity index (χ0v) is 28.6. The highest BCUT2D eigenvalue weighted by atomic mass is 16.2. The number of ketones is 4. The molecule has 2 N–H and O–H groups in total. The number of carbonyl (C=O) groups is 4. The Labute approximate surface area is 307 Å². The maximum absolute atomic E-state index is 12.9. The zero-order chi connectivity index (χ0) is 35.9. The van der Waals surface area contributed by atoms with Gasteiger partial charge in [0.15, 0.2) is 0 Å². The normalized spacial score (nSPS) is 10.4. The molecule has 0 aliphatic heterocycles. The first-order valence-electron chi connectivity index (χ1n) is 16.9. The van der Waals surface area contributed by atoms with Gasteiger partial charge < -0.3 is 5.48 Å². The van der Waals surface area contributed by atoms with E-state index in [9.17, 15) is 19.2 Å². The lowest BCUT2D eigenvalue weighted by molar-refractivity contribution is 0.0817. The summed E-state index contributed by atoms with van der Waals surface area (Å²) in [5, 5.41) is 4.48. The van der Waals surface area contributed by atoms with Gasteiger partial charge in [0.05, 0.1) is 0 Å². The number of benzene rings is 8. The van der Waals surface area contributed by atoms with Gasteiger partial charge >= 0.3 is 0 Å². The number of hydrogen-bond acceptors (Lipinski definition) is 4. The third-order valence-electron chi connectivity index (χ3n) is 8.95. The summed E-state index contributed by atoms with van der Waals surface area (Å²) < 4.78 is 0. The average molecular weight is 691 g/mol. The Hall–Kier alpha value is -7.08. The van der Waals surface area contributed by atoms with E-state index < -0.39 is 23.1 Å². The van der Waals surface area contributed by atoms with E-state index >= 15 is 0 Å². The van der Waals surface area contributed by atoms with Gasteiger partial charge in [-0.15, -0.1) is 0 Å². The molecule has 0 atom stereocenters. The Bertz CT molecular complexity index is 2410. The van der Waals surface area contributed by atoms with E-state index in [1.165, 1.54) is 0 Å². The van der Waals surface area contributed by atoms with Crippen molar-refractivity contribution in [3.05, 3.63) is 216 Å². The molecular weight excluding hydrogens is 657 g/mol. The molecule has 0 aliphatic carbocycles. The molecule has 0 amide bonds. The lowest BCUT2D eigenvalue weighted by atomic mass is 9.92. The van der Waals surface area contributed by atoms with Crippen LogP contribution in [0.4, 0.5) is 0 Å². The molecule has 0 saturated heterocycles. The molecule has 5 nitrogen and oxygen atoms in total. The van der Waals surface area contributed by atoms with E-state index in [0.717, 1.165) is 43.8 Å². The summed E-state index contributed by atoms with van der Waals surface area (Å²) in [7, 11) is 0. The molecule has 0 bridgehead atoms. The number of carbonyl (C=O) groups excluding carboxylic acids is 4. The summed E-state index contributed by atoms with van der Waals surface area (Å²) in [6, 6.07) is 60.2. The molecule has 0 aliphatic rings. The van der Waals surface area contributed by atoms with Gasteiger partial charge in [0, 0.05) is 22.3 Å².